The lowest BCUT2D eigenvalue weighted by atomic mass is 9.91. The van der Waals surface area contributed by atoms with Gasteiger partial charge in [0.15, 0.2) is 12.4 Å². The zero-order valence-electron chi connectivity index (χ0n) is 15.2. The lowest BCUT2D eigenvalue weighted by molar-refractivity contribution is -0.137. The van der Waals surface area contributed by atoms with E-state index in [1.165, 1.54) is 18.2 Å². The van der Waals surface area contributed by atoms with Gasteiger partial charge >= 0.3 is 12.1 Å². The van der Waals surface area contributed by atoms with E-state index in [1.54, 1.807) is 39.0 Å². The molecule has 7 heteroatoms. The molecule has 0 spiro atoms. The van der Waals surface area contributed by atoms with Crippen LogP contribution in [0.3, 0.4) is 0 Å². The van der Waals surface area contributed by atoms with Crippen LogP contribution < -0.4 is 5.32 Å². The number of ether oxygens (including phenoxy) is 1. The van der Waals surface area contributed by atoms with Gasteiger partial charge in [0.05, 0.1) is 16.8 Å². The van der Waals surface area contributed by atoms with Gasteiger partial charge in [0.25, 0.3) is 0 Å². The maximum absolute atomic E-state index is 12.9. The fourth-order valence-electron chi connectivity index (χ4n) is 2.12. The Kier molecular flexibility index (Phi) is 5.93. The Morgan fingerprint density at radius 1 is 1.00 bits per heavy atom. The summed E-state index contributed by atoms with van der Waals surface area (Å²) < 4.78 is 43.6. The van der Waals surface area contributed by atoms with Gasteiger partial charge in [-0.15, -0.1) is 0 Å². The molecule has 0 bridgehead atoms. The zero-order valence-corrected chi connectivity index (χ0v) is 15.2. The monoisotopic (exact) mass is 379 g/mol. The number of esters is 1. The molecule has 2 aromatic rings. The Balaban J connectivity index is 2.19. The molecule has 2 aromatic carbocycles. The molecule has 0 aliphatic carbocycles. The molecule has 0 radical (unpaired) electrons. The van der Waals surface area contributed by atoms with E-state index in [1.807, 2.05) is 0 Å². The largest absolute Gasteiger partial charge is 0.454 e. The van der Waals surface area contributed by atoms with E-state index >= 15 is 0 Å². The first-order valence-corrected chi connectivity index (χ1v) is 8.22. The van der Waals surface area contributed by atoms with Crippen molar-refractivity contribution in [3.8, 4) is 0 Å². The summed E-state index contributed by atoms with van der Waals surface area (Å²) in [4.78, 5) is 24.2. The molecule has 0 atom stereocenters. The minimum atomic E-state index is -4.47. The van der Waals surface area contributed by atoms with Crippen molar-refractivity contribution < 1.29 is 27.5 Å². The van der Waals surface area contributed by atoms with E-state index in [9.17, 15) is 22.8 Å². The predicted octanol–water partition coefficient (Wildman–Crippen LogP) is 5.22. The summed E-state index contributed by atoms with van der Waals surface area (Å²) in [5, 5.41) is 2.80. The molecule has 0 aromatic heterocycles. The molecule has 1 N–H and O–H groups in total. The van der Waals surface area contributed by atoms with Crippen LogP contribution >= 0.6 is 0 Å². The number of nitrogens with one attached hydrogen (secondary N) is 1. The second-order valence-electron chi connectivity index (χ2n) is 7.00. The van der Waals surface area contributed by atoms with E-state index in [0.717, 1.165) is 12.1 Å². The lowest BCUT2D eigenvalue weighted by Gasteiger charge is -2.17. The van der Waals surface area contributed by atoms with Crippen LogP contribution in [0.5, 0.6) is 0 Å². The molecular formula is C20H20F3NO3. The third-order valence-corrected chi connectivity index (χ3v) is 3.79. The Bertz CT molecular complexity index is 839. The average Bonchev–Trinajstić information content (AvgIpc) is 2.58. The van der Waals surface area contributed by atoms with Crippen LogP contribution in [0.2, 0.25) is 0 Å². The minimum absolute atomic E-state index is 0.122. The number of alkyl halides is 3. The highest BCUT2D eigenvalue weighted by atomic mass is 19.4. The Labute approximate surface area is 155 Å². The smallest absolute Gasteiger partial charge is 0.416 e. The normalized spacial score (nSPS) is 11.8. The van der Waals surface area contributed by atoms with Crippen molar-refractivity contribution >= 4 is 23.1 Å². The number of carbonyl (C=O) groups excluding carboxylic acids is 2. The van der Waals surface area contributed by atoms with Crippen LogP contribution in [0, 0.1) is 5.41 Å². The summed E-state index contributed by atoms with van der Waals surface area (Å²) >= 11 is 0. The molecule has 0 heterocycles. The van der Waals surface area contributed by atoms with Crippen LogP contribution in [-0.2, 0) is 15.7 Å². The fraction of sp³-hybridized carbons (Fsp3) is 0.300. The number of ketones is 1. The number of benzene rings is 2. The minimum Gasteiger partial charge on any atom is -0.454 e. The number of halogens is 3. The lowest BCUT2D eigenvalue weighted by Crippen LogP contribution is -2.26. The molecular weight excluding hydrogens is 359 g/mol. The maximum atomic E-state index is 12.9. The van der Waals surface area contributed by atoms with E-state index in [-0.39, 0.29) is 29.3 Å². The van der Waals surface area contributed by atoms with Crippen molar-refractivity contribution in [2.75, 3.05) is 11.9 Å². The van der Waals surface area contributed by atoms with Gasteiger partial charge in [-0.2, -0.15) is 13.2 Å². The van der Waals surface area contributed by atoms with Crippen LogP contribution in [0.1, 0.15) is 36.7 Å². The molecule has 0 amide bonds. The Morgan fingerprint density at radius 3 is 2.30 bits per heavy atom. The number of rotatable bonds is 5. The van der Waals surface area contributed by atoms with Crippen LogP contribution in [0.15, 0.2) is 48.5 Å². The summed E-state index contributed by atoms with van der Waals surface area (Å²) in [6.07, 6.45) is -4.47. The number of para-hydroxylation sites is 1. The SMILES string of the molecule is CC(C)(C)C(=O)COC(=O)c1ccccc1Nc1cccc(C(F)(F)F)c1. The first-order valence-electron chi connectivity index (χ1n) is 8.22. The summed E-state index contributed by atoms with van der Waals surface area (Å²) in [7, 11) is 0. The maximum Gasteiger partial charge on any atom is 0.416 e. The highest BCUT2D eigenvalue weighted by molar-refractivity contribution is 5.98. The van der Waals surface area contributed by atoms with Gasteiger partial charge in [-0.3, -0.25) is 4.79 Å². The summed E-state index contributed by atoms with van der Waals surface area (Å²) in [6.45, 7) is 4.77. The third-order valence-electron chi connectivity index (χ3n) is 3.79. The molecule has 0 saturated carbocycles. The molecule has 0 saturated heterocycles. The summed E-state index contributed by atoms with van der Waals surface area (Å²) in [5.41, 5.74) is -0.864. The Morgan fingerprint density at radius 2 is 1.67 bits per heavy atom. The molecule has 27 heavy (non-hydrogen) atoms. The quantitative estimate of drug-likeness (QED) is 0.724. The van der Waals surface area contributed by atoms with E-state index in [0.29, 0.717) is 0 Å². The topological polar surface area (TPSA) is 55.4 Å². The molecule has 4 nitrogen and oxygen atoms in total. The first-order chi connectivity index (χ1) is 12.5. The van der Waals surface area contributed by atoms with E-state index in [4.69, 9.17) is 4.74 Å². The summed E-state index contributed by atoms with van der Waals surface area (Å²) in [6, 6.07) is 10.9. The predicted molar refractivity (Wildman–Crippen MR) is 95.9 cm³/mol. The van der Waals surface area contributed by atoms with Crippen LogP contribution in [0.4, 0.5) is 24.5 Å². The summed E-state index contributed by atoms with van der Waals surface area (Å²) in [5.74, 6) is -0.971. The van der Waals surface area contributed by atoms with Gasteiger partial charge in [0.2, 0.25) is 0 Å². The second kappa shape index (κ2) is 7.82. The first kappa shape index (κ1) is 20.5. The molecule has 2 rings (SSSR count). The fourth-order valence-corrected chi connectivity index (χ4v) is 2.12. The molecule has 0 unspecified atom stereocenters. The molecule has 0 aliphatic heterocycles. The Hall–Kier alpha value is -2.83. The van der Waals surface area contributed by atoms with Gasteiger partial charge in [-0.25, -0.2) is 4.79 Å². The van der Waals surface area contributed by atoms with Crippen molar-refractivity contribution in [2.45, 2.75) is 26.9 Å². The number of Topliss-reactive ketones (excluding diaryl/α,β-unsaturated/α-hetero) is 1. The van der Waals surface area contributed by atoms with E-state index < -0.39 is 23.1 Å². The highest BCUT2D eigenvalue weighted by Crippen LogP contribution is 2.32. The number of hydrogen-bond acceptors (Lipinski definition) is 4. The van der Waals surface area contributed by atoms with Gasteiger partial charge in [0, 0.05) is 11.1 Å². The van der Waals surface area contributed by atoms with Gasteiger partial charge in [-0.05, 0) is 30.3 Å². The standard InChI is InChI=1S/C20H20F3NO3/c1-19(2,3)17(25)12-27-18(26)15-9-4-5-10-16(15)24-14-8-6-7-13(11-14)20(21,22)23/h4-11,24H,12H2,1-3H3. The van der Waals surface area contributed by atoms with Crippen LogP contribution in [-0.4, -0.2) is 18.4 Å². The van der Waals surface area contributed by atoms with Gasteiger partial charge in [0.1, 0.15) is 0 Å². The average molecular weight is 379 g/mol. The van der Waals surface area contributed by atoms with E-state index in [2.05, 4.69) is 5.32 Å². The molecule has 144 valence electrons. The van der Waals surface area contributed by atoms with Crippen LogP contribution in [0.25, 0.3) is 0 Å². The van der Waals surface area contributed by atoms with Gasteiger partial charge in [-0.1, -0.05) is 39.0 Å². The zero-order chi connectivity index (χ0) is 20.2. The molecule has 0 fully saturated rings. The second-order valence-corrected chi connectivity index (χ2v) is 7.00. The van der Waals surface area contributed by atoms with Crippen molar-refractivity contribution in [3.63, 3.8) is 0 Å². The number of hydrogen-bond donors (Lipinski definition) is 1. The van der Waals surface area contributed by atoms with Crippen molar-refractivity contribution in [1.82, 2.24) is 0 Å². The molecule has 0 aliphatic rings. The third kappa shape index (κ3) is 5.57. The van der Waals surface area contributed by atoms with Crippen molar-refractivity contribution in [2.24, 2.45) is 5.41 Å². The number of anilines is 2. The number of carbonyl (C=O) groups is 2. The highest BCUT2D eigenvalue weighted by Gasteiger charge is 2.30. The van der Waals surface area contributed by atoms with Crippen molar-refractivity contribution in [1.29, 1.82) is 0 Å². The van der Waals surface area contributed by atoms with Crippen molar-refractivity contribution in [3.05, 3.63) is 59.7 Å². The van der Waals surface area contributed by atoms with Gasteiger partial charge < -0.3 is 10.1 Å².